The van der Waals surface area contributed by atoms with E-state index in [4.69, 9.17) is 17.0 Å². The molecule has 9 nitrogen and oxygen atoms in total. The van der Waals surface area contributed by atoms with Crippen molar-refractivity contribution < 1.29 is 39.8 Å². The molecule has 2 heterocycles. The lowest BCUT2D eigenvalue weighted by molar-refractivity contribution is -0.231. The zero-order valence-corrected chi connectivity index (χ0v) is 30.4. The molecule has 5 aromatic rings. The number of rotatable bonds is 10. The predicted octanol–water partition coefficient (Wildman–Crippen LogP) is 6.04. The van der Waals surface area contributed by atoms with Gasteiger partial charge in [0.25, 0.3) is 0 Å². The number of thiocarbonyl (C=S) groups is 1. The van der Waals surface area contributed by atoms with Crippen LogP contribution in [0.3, 0.4) is 0 Å². The van der Waals surface area contributed by atoms with Crippen LogP contribution in [0.1, 0.15) is 47.8 Å². The van der Waals surface area contributed by atoms with Gasteiger partial charge < -0.3 is 45.2 Å². The number of ether oxygens (including phenoxy) is 1. The number of phenolic OH excluding ortho intramolecular Hbond substituents is 1. The SMILES string of the molecule is CN1C(=S)N(c2ccc(-c3ccccc3)cc2)C(c2ccc(-c3ccc(C4OC(CO)C(O)C(O)C4O)cc3)cc2O)C1CCC(O)c1ccc(F)cc1. The summed E-state index contributed by atoms with van der Waals surface area (Å²) >= 11 is 6.06. The lowest BCUT2D eigenvalue weighted by atomic mass is 9.89. The summed E-state index contributed by atoms with van der Waals surface area (Å²) in [4.78, 5) is 4.05. The van der Waals surface area contributed by atoms with E-state index in [1.807, 2.05) is 83.6 Å². The lowest BCUT2D eigenvalue weighted by Gasteiger charge is -2.40. The molecule has 7 rings (SSSR count). The molecule has 2 aliphatic heterocycles. The molecule has 0 radical (unpaired) electrons. The van der Waals surface area contributed by atoms with E-state index in [9.17, 15) is 35.0 Å². The molecular weight excluding hydrogens is 708 g/mol. The Balaban J connectivity index is 1.19. The summed E-state index contributed by atoms with van der Waals surface area (Å²) in [5, 5.41) is 64.1. The highest BCUT2D eigenvalue weighted by Gasteiger charge is 2.45. The van der Waals surface area contributed by atoms with Crippen LogP contribution in [0.2, 0.25) is 0 Å². The molecule has 8 unspecified atom stereocenters. The number of benzene rings is 5. The third kappa shape index (κ3) is 7.36. The van der Waals surface area contributed by atoms with Crippen LogP contribution in [0.5, 0.6) is 5.75 Å². The van der Waals surface area contributed by atoms with E-state index in [0.717, 1.165) is 27.9 Å². The molecule has 280 valence electrons. The summed E-state index contributed by atoms with van der Waals surface area (Å²) < 4.78 is 19.3. The number of phenols is 1. The summed E-state index contributed by atoms with van der Waals surface area (Å²) in [6.45, 7) is -0.515. The number of aliphatic hydroxyl groups excluding tert-OH is 5. The van der Waals surface area contributed by atoms with Gasteiger partial charge in [0, 0.05) is 18.3 Å². The van der Waals surface area contributed by atoms with Gasteiger partial charge >= 0.3 is 0 Å². The monoisotopic (exact) mass is 750 g/mol. The summed E-state index contributed by atoms with van der Waals surface area (Å²) in [5.74, 6) is -0.312. The topological polar surface area (TPSA) is 137 Å². The fourth-order valence-corrected chi connectivity index (χ4v) is 7.98. The average molecular weight is 751 g/mol. The van der Waals surface area contributed by atoms with E-state index in [2.05, 4.69) is 12.1 Å². The Bertz CT molecular complexity index is 2050. The van der Waals surface area contributed by atoms with Crippen molar-refractivity contribution in [2.45, 2.75) is 61.5 Å². The molecule has 8 atom stereocenters. The molecule has 11 heteroatoms. The Hall–Kier alpha value is -4.72. The second-order valence-electron chi connectivity index (χ2n) is 14.0. The first-order valence-electron chi connectivity index (χ1n) is 17.9. The summed E-state index contributed by atoms with van der Waals surface area (Å²) in [6, 6.07) is 36.0. The van der Waals surface area contributed by atoms with E-state index in [0.29, 0.717) is 34.6 Å². The lowest BCUT2D eigenvalue weighted by Crippen LogP contribution is -2.55. The number of likely N-dealkylation sites (N-methyl/N-ethyl adjacent to an activating group) is 1. The van der Waals surface area contributed by atoms with Crippen LogP contribution in [0, 0.1) is 5.82 Å². The van der Waals surface area contributed by atoms with E-state index in [1.165, 1.54) is 12.1 Å². The third-order valence-electron chi connectivity index (χ3n) is 10.7. The highest BCUT2D eigenvalue weighted by Crippen LogP contribution is 2.45. The molecule has 0 spiro atoms. The number of nitrogens with zero attached hydrogens (tertiary/aromatic N) is 2. The Morgan fingerprint density at radius 1 is 0.759 bits per heavy atom. The number of halogens is 1. The molecule has 0 aliphatic carbocycles. The summed E-state index contributed by atoms with van der Waals surface area (Å²) in [7, 11) is 1.92. The molecule has 5 aromatic carbocycles. The number of hydrogen-bond acceptors (Lipinski definition) is 8. The second-order valence-corrected chi connectivity index (χ2v) is 14.3. The van der Waals surface area contributed by atoms with Gasteiger partial charge in [-0.25, -0.2) is 4.39 Å². The van der Waals surface area contributed by atoms with Crippen molar-refractivity contribution in [3.63, 3.8) is 0 Å². The molecule has 0 bridgehead atoms. The third-order valence-corrected chi connectivity index (χ3v) is 11.2. The van der Waals surface area contributed by atoms with Crippen molar-refractivity contribution in [3.8, 4) is 28.0 Å². The highest BCUT2D eigenvalue weighted by atomic mass is 32.1. The minimum atomic E-state index is -1.48. The van der Waals surface area contributed by atoms with Gasteiger partial charge in [-0.3, -0.25) is 0 Å². The molecule has 0 aromatic heterocycles. The van der Waals surface area contributed by atoms with E-state index in [1.54, 1.807) is 30.3 Å². The molecule has 2 saturated heterocycles. The molecule has 2 fully saturated rings. The van der Waals surface area contributed by atoms with Crippen molar-refractivity contribution in [3.05, 3.63) is 144 Å². The fourth-order valence-electron chi connectivity index (χ4n) is 7.62. The van der Waals surface area contributed by atoms with Gasteiger partial charge in [-0.2, -0.15) is 0 Å². The zero-order chi connectivity index (χ0) is 38.1. The Morgan fingerprint density at radius 3 is 2.02 bits per heavy atom. The molecule has 6 N–H and O–H groups in total. The Morgan fingerprint density at radius 2 is 1.37 bits per heavy atom. The first kappa shape index (κ1) is 37.6. The number of aliphatic hydroxyl groups is 5. The first-order valence-corrected chi connectivity index (χ1v) is 18.4. The Labute approximate surface area is 318 Å². The summed E-state index contributed by atoms with van der Waals surface area (Å²) in [6.07, 6.45) is -6.23. The van der Waals surface area contributed by atoms with Crippen molar-refractivity contribution in [1.29, 1.82) is 0 Å². The minimum Gasteiger partial charge on any atom is -0.508 e. The first-order chi connectivity index (χ1) is 26.0. The molecule has 0 amide bonds. The normalized spacial score (nSPS) is 24.9. The molecule has 2 aliphatic rings. The van der Waals surface area contributed by atoms with Crippen molar-refractivity contribution in [2.24, 2.45) is 0 Å². The van der Waals surface area contributed by atoms with Gasteiger partial charge in [0.15, 0.2) is 5.11 Å². The van der Waals surface area contributed by atoms with E-state index < -0.39 is 49.3 Å². The standard InChI is InChI=1S/C43H43FN2O7S/c1-45-34(21-22-35(48)28-11-16-31(44)17-12-28)38(46(43(45)54)32-18-13-26(14-19-32)25-5-3-2-4-6-25)33-20-15-30(23-36(33)49)27-7-9-29(10-8-27)42-41(52)40(51)39(50)37(24-47)53-42/h2-20,23,34-35,37-42,47-52H,21-22,24H2,1H3. The number of aromatic hydroxyl groups is 1. The zero-order valence-electron chi connectivity index (χ0n) is 29.6. The van der Waals surface area contributed by atoms with Gasteiger partial charge in [-0.15, -0.1) is 0 Å². The molecule has 0 saturated carbocycles. The number of anilines is 1. The highest BCUT2D eigenvalue weighted by molar-refractivity contribution is 7.80. The maximum absolute atomic E-state index is 13.6. The van der Waals surface area contributed by atoms with Crippen LogP contribution >= 0.6 is 12.2 Å². The van der Waals surface area contributed by atoms with Crippen LogP contribution in [0.25, 0.3) is 22.3 Å². The van der Waals surface area contributed by atoms with Crippen molar-refractivity contribution in [1.82, 2.24) is 4.90 Å². The van der Waals surface area contributed by atoms with Gasteiger partial charge in [0.05, 0.1) is 24.8 Å². The van der Waals surface area contributed by atoms with E-state index >= 15 is 0 Å². The van der Waals surface area contributed by atoms with Gasteiger partial charge in [0.1, 0.15) is 42.1 Å². The second kappa shape index (κ2) is 15.9. The van der Waals surface area contributed by atoms with Crippen LogP contribution in [0.15, 0.2) is 121 Å². The Kier molecular flexibility index (Phi) is 11.1. The van der Waals surface area contributed by atoms with Gasteiger partial charge in [0.2, 0.25) is 0 Å². The van der Waals surface area contributed by atoms with E-state index in [-0.39, 0.29) is 17.6 Å². The maximum Gasteiger partial charge on any atom is 0.176 e. The van der Waals surface area contributed by atoms with Crippen LogP contribution in [-0.2, 0) is 4.74 Å². The quantitative estimate of drug-likeness (QED) is 0.0938. The van der Waals surface area contributed by atoms with Crippen molar-refractivity contribution in [2.75, 3.05) is 18.6 Å². The molecule has 54 heavy (non-hydrogen) atoms. The predicted molar refractivity (Wildman–Crippen MR) is 208 cm³/mol. The smallest absolute Gasteiger partial charge is 0.176 e. The van der Waals surface area contributed by atoms with Gasteiger partial charge in [-0.1, -0.05) is 91.0 Å². The van der Waals surface area contributed by atoms with Gasteiger partial charge in [-0.05, 0) is 88.8 Å². The van der Waals surface area contributed by atoms with Crippen LogP contribution in [0.4, 0.5) is 10.1 Å². The average Bonchev–Trinajstić information content (AvgIpc) is 3.44. The fraction of sp³-hybridized carbons (Fsp3) is 0.279. The number of hydrogen-bond donors (Lipinski definition) is 6. The van der Waals surface area contributed by atoms with Crippen LogP contribution < -0.4 is 4.90 Å². The summed E-state index contributed by atoms with van der Waals surface area (Å²) in [5.41, 5.74) is 6.32. The molecular formula is C43H43FN2O7S. The largest absolute Gasteiger partial charge is 0.508 e. The van der Waals surface area contributed by atoms with Crippen LogP contribution in [-0.4, -0.2) is 84.8 Å². The maximum atomic E-state index is 13.6. The van der Waals surface area contributed by atoms with Crippen molar-refractivity contribution >= 4 is 23.0 Å². The minimum absolute atomic E-state index is 0.0589.